The Morgan fingerprint density at radius 1 is 0.842 bits per heavy atom. The maximum Gasteiger partial charge on any atom is 0.300 e. The number of rotatable bonds is 8. The predicted octanol–water partition coefficient (Wildman–Crippen LogP) is -0.0763. The lowest BCUT2D eigenvalue weighted by Gasteiger charge is -2.03. The molecule has 0 aliphatic rings. The lowest BCUT2D eigenvalue weighted by atomic mass is 10.5. The van der Waals surface area contributed by atoms with Gasteiger partial charge in [0.05, 0.1) is 13.2 Å². The molecule has 0 bridgehead atoms. The summed E-state index contributed by atoms with van der Waals surface area (Å²) in [5.41, 5.74) is 0. The molecule has 0 aromatic carbocycles. The van der Waals surface area contributed by atoms with Gasteiger partial charge < -0.3 is 29.9 Å². The molecule has 0 aromatic rings. The smallest absolute Gasteiger partial charge is 0.300 e. The maximum atomic E-state index is 9.00. The number of carbonyl (C=O) groups is 2. The zero-order valence-electron chi connectivity index (χ0n) is 11.4. The second-order valence-corrected chi connectivity index (χ2v) is 3.13. The molecule has 0 fully saturated rings. The summed E-state index contributed by atoms with van der Waals surface area (Å²) >= 11 is 0. The second-order valence-electron chi connectivity index (χ2n) is 3.13. The van der Waals surface area contributed by atoms with Gasteiger partial charge in [0.2, 0.25) is 0 Å². The molecule has 116 valence electrons. The minimum atomic E-state index is -0.833. The SMILES string of the molecule is CC(=O)O.CC(=O)O.OCCCOCOCCCO. The van der Waals surface area contributed by atoms with Gasteiger partial charge in [0.1, 0.15) is 6.79 Å². The first-order chi connectivity index (χ1) is 8.88. The minimum absolute atomic E-state index is 0.149. The van der Waals surface area contributed by atoms with Crippen LogP contribution >= 0.6 is 0 Å². The van der Waals surface area contributed by atoms with Crippen LogP contribution in [-0.2, 0) is 19.1 Å². The molecular weight excluding hydrogens is 260 g/mol. The number of aliphatic hydroxyl groups is 2. The molecular formula is C11H24O8. The van der Waals surface area contributed by atoms with Gasteiger partial charge >= 0.3 is 0 Å². The van der Waals surface area contributed by atoms with Crippen LogP contribution in [0.5, 0.6) is 0 Å². The Morgan fingerprint density at radius 3 is 1.32 bits per heavy atom. The largest absolute Gasteiger partial charge is 0.481 e. The Kier molecular flexibility index (Phi) is 26.5. The fraction of sp³-hybridized carbons (Fsp3) is 0.818. The van der Waals surface area contributed by atoms with Gasteiger partial charge in [-0.25, -0.2) is 0 Å². The predicted molar refractivity (Wildman–Crippen MR) is 66.8 cm³/mol. The molecule has 0 aliphatic heterocycles. The topological polar surface area (TPSA) is 134 Å². The van der Waals surface area contributed by atoms with Crippen molar-refractivity contribution in [1.29, 1.82) is 0 Å². The molecule has 0 heterocycles. The van der Waals surface area contributed by atoms with E-state index in [1.54, 1.807) is 0 Å². The van der Waals surface area contributed by atoms with Crippen LogP contribution in [0, 0.1) is 0 Å². The molecule has 8 nitrogen and oxygen atoms in total. The zero-order valence-corrected chi connectivity index (χ0v) is 11.4. The summed E-state index contributed by atoms with van der Waals surface area (Å²) in [5, 5.41) is 31.5. The van der Waals surface area contributed by atoms with Crippen molar-refractivity contribution in [2.45, 2.75) is 26.7 Å². The van der Waals surface area contributed by atoms with E-state index >= 15 is 0 Å². The van der Waals surface area contributed by atoms with Crippen molar-refractivity contribution < 1.29 is 39.5 Å². The number of hydrogen-bond donors (Lipinski definition) is 4. The van der Waals surface area contributed by atoms with Crippen LogP contribution in [0.3, 0.4) is 0 Å². The highest BCUT2D eigenvalue weighted by atomic mass is 16.7. The molecule has 19 heavy (non-hydrogen) atoms. The summed E-state index contributed by atoms with van der Waals surface area (Å²) in [6, 6.07) is 0. The lowest BCUT2D eigenvalue weighted by molar-refractivity contribution is -0.135. The molecule has 0 atom stereocenters. The van der Waals surface area contributed by atoms with Gasteiger partial charge in [-0.1, -0.05) is 0 Å². The van der Waals surface area contributed by atoms with Crippen molar-refractivity contribution >= 4 is 11.9 Å². The van der Waals surface area contributed by atoms with Crippen molar-refractivity contribution in [1.82, 2.24) is 0 Å². The number of ether oxygens (including phenoxy) is 2. The molecule has 0 radical (unpaired) electrons. The van der Waals surface area contributed by atoms with E-state index < -0.39 is 11.9 Å². The van der Waals surface area contributed by atoms with Crippen LogP contribution in [-0.4, -0.2) is 65.6 Å². The number of hydrogen-bond acceptors (Lipinski definition) is 6. The normalized spacial score (nSPS) is 8.63. The third-order valence-electron chi connectivity index (χ3n) is 1.06. The van der Waals surface area contributed by atoms with Crippen molar-refractivity contribution in [3.63, 3.8) is 0 Å². The highest BCUT2D eigenvalue weighted by molar-refractivity contribution is 5.63. The van der Waals surface area contributed by atoms with Crippen molar-refractivity contribution in [2.75, 3.05) is 33.2 Å². The highest BCUT2D eigenvalue weighted by Crippen LogP contribution is 1.84. The number of carboxylic acids is 2. The summed E-state index contributed by atoms with van der Waals surface area (Å²) in [5.74, 6) is -1.67. The summed E-state index contributed by atoms with van der Waals surface area (Å²) in [6.45, 7) is 3.76. The Labute approximate surface area is 112 Å². The fourth-order valence-corrected chi connectivity index (χ4v) is 0.510. The van der Waals surface area contributed by atoms with E-state index in [9.17, 15) is 0 Å². The van der Waals surface area contributed by atoms with E-state index in [1.807, 2.05) is 0 Å². The van der Waals surface area contributed by atoms with Crippen molar-refractivity contribution in [3.8, 4) is 0 Å². The van der Waals surface area contributed by atoms with Crippen LogP contribution in [0.2, 0.25) is 0 Å². The van der Waals surface area contributed by atoms with E-state index in [4.69, 9.17) is 39.5 Å². The second kappa shape index (κ2) is 22.0. The van der Waals surface area contributed by atoms with Crippen LogP contribution in [0.4, 0.5) is 0 Å². The number of aliphatic hydroxyl groups excluding tert-OH is 2. The van der Waals surface area contributed by atoms with Crippen LogP contribution < -0.4 is 0 Å². The Bertz CT molecular complexity index is 167. The molecule has 0 aliphatic carbocycles. The standard InChI is InChI=1S/C7H16O4.2C2H4O2/c8-3-1-5-10-7-11-6-2-4-9;2*1-2(3)4/h8-9H,1-7H2;2*1H3,(H,3,4). The minimum Gasteiger partial charge on any atom is -0.481 e. The molecule has 0 saturated carbocycles. The molecule has 8 heteroatoms. The summed E-state index contributed by atoms with van der Waals surface area (Å²) < 4.78 is 9.91. The van der Waals surface area contributed by atoms with E-state index in [2.05, 4.69) is 0 Å². The Balaban J connectivity index is -0.000000264. The van der Waals surface area contributed by atoms with Gasteiger partial charge in [0.15, 0.2) is 0 Å². The van der Waals surface area contributed by atoms with E-state index in [0.29, 0.717) is 26.1 Å². The maximum absolute atomic E-state index is 9.00. The van der Waals surface area contributed by atoms with Crippen molar-refractivity contribution in [2.24, 2.45) is 0 Å². The van der Waals surface area contributed by atoms with Gasteiger partial charge in [-0.3, -0.25) is 9.59 Å². The average Bonchev–Trinajstić information content (AvgIpc) is 2.26. The quantitative estimate of drug-likeness (QED) is 0.359. The third-order valence-corrected chi connectivity index (χ3v) is 1.06. The average molecular weight is 284 g/mol. The molecule has 0 rings (SSSR count). The monoisotopic (exact) mass is 284 g/mol. The van der Waals surface area contributed by atoms with Crippen molar-refractivity contribution in [3.05, 3.63) is 0 Å². The molecule has 0 aromatic heterocycles. The molecule has 0 spiro atoms. The molecule has 0 saturated heterocycles. The van der Waals surface area contributed by atoms with Gasteiger partial charge in [-0.05, 0) is 12.8 Å². The molecule has 0 unspecified atom stereocenters. The number of aliphatic carboxylic acids is 2. The van der Waals surface area contributed by atoms with Gasteiger partial charge in [-0.15, -0.1) is 0 Å². The summed E-state index contributed by atoms with van der Waals surface area (Å²) in [4.78, 5) is 18.0. The van der Waals surface area contributed by atoms with Crippen LogP contribution in [0.1, 0.15) is 26.7 Å². The third kappa shape index (κ3) is 79.7. The zero-order chi connectivity index (χ0) is 15.5. The first kappa shape index (κ1) is 22.9. The van der Waals surface area contributed by atoms with E-state index in [1.165, 1.54) is 0 Å². The van der Waals surface area contributed by atoms with Gasteiger partial charge in [0.25, 0.3) is 11.9 Å². The van der Waals surface area contributed by atoms with Crippen LogP contribution in [0.25, 0.3) is 0 Å². The Hall–Kier alpha value is -1.22. The van der Waals surface area contributed by atoms with Crippen LogP contribution in [0.15, 0.2) is 0 Å². The fourth-order valence-electron chi connectivity index (χ4n) is 0.510. The van der Waals surface area contributed by atoms with E-state index in [0.717, 1.165) is 13.8 Å². The molecule has 4 N–H and O–H groups in total. The van der Waals surface area contributed by atoms with Gasteiger partial charge in [0, 0.05) is 27.1 Å². The lowest BCUT2D eigenvalue weighted by Crippen LogP contribution is -2.04. The molecule has 0 amide bonds. The summed E-state index contributed by atoms with van der Waals surface area (Å²) in [6.07, 6.45) is 1.28. The summed E-state index contributed by atoms with van der Waals surface area (Å²) in [7, 11) is 0. The first-order valence-electron chi connectivity index (χ1n) is 5.64. The first-order valence-corrected chi connectivity index (χ1v) is 5.64. The Morgan fingerprint density at radius 2 is 1.11 bits per heavy atom. The van der Waals surface area contributed by atoms with Gasteiger partial charge in [-0.2, -0.15) is 0 Å². The number of carboxylic acid groups (broad SMARTS) is 2. The van der Waals surface area contributed by atoms with E-state index in [-0.39, 0.29) is 20.0 Å². The highest BCUT2D eigenvalue weighted by Gasteiger charge is 1.87.